The molecule has 0 atom stereocenters. The second-order valence-corrected chi connectivity index (χ2v) is 7.02. The van der Waals surface area contributed by atoms with E-state index in [2.05, 4.69) is 0 Å². The molecule has 0 saturated carbocycles. The van der Waals surface area contributed by atoms with Crippen LogP contribution in [0.2, 0.25) is 0 Å². The Morgan fingerprint density at radius 1 is 0.906 bits per heavy atom. The summed E-state index contributed by atoms with van der Waals surface area (Å²) in [5.41, 5.74) is 1.71. The number of hydrogen-bond donors (Lipinski definition) is 0. The van der Waals surface area contributed by atoms with Gasteiger partial charge in [0.2, 0.25) is 0 Å². The molecule has 0 aliphatic heterocycles. The molecule has 0 unspecified atom stereocenters. The van der Waals surface area contributed by atoms with Crippen molar-refractivity contribution in [3.8, 4) is 17.2 Å². The van der Waals surface area contributed by atoms with Gasteiger partial charge in [0.15, 0.2) is 23.9 Å². The van der Waals surface area contributed by atoms with E-state index < -0.39 is 4.92 Å². The number of rotatable bonds is 10. The lowest BCUT2D eigenvalue weighted by molar-refractivity contribution is -0.385. The van der Waals surface area contributed by atoms with Crippen molar-refractivity contribution in [2.24, 2.45) is 0 Å². The summed E-state index contributed by atoms with van der Waals surface area (Å²) in [6, 6.07) is 21.2. The smallest absolute Gasteiger partial charge is 0.310 e. The lowest BCUT2D eigenvalue weighted by Gasteiger charge is -2.19. The summed E-state index contributed by atoms with van der Waals surface area (Å²) >= 11 is 0. The average molecular weight is 436 g/mol. The number of hydrogen-bond acceptors (Lipinski definition) is 6. The van der Waals surface area contributed by atoms with Crippen LogP contribution in [-0.2, 0) is 17.9 Å². The maximum Gasteiger partial charge on any atom is 0.310 e. The average Bonchev–Trinajstić information content (AvgIpc) is 2.82. The molecule has 32 heavy (non-hydrogen) atoms. The van der Waals surface area contributed by atoms with Crippen LogP contribution in [0, 0.1) is 10.1 Å². The number of methoxy groups -OCH3 is 1. The number of nitrogens with zero attached hydrogens (tertiary/aromatic N) is 2. The topological polar surface area (TPSA) is 91.1 Å². The molecule has 0 heterocycles. The fourth-order valence-electron chi connectivity index (χ4n) is 3.01. The number of para-hydroxylation sites is 2. The molecule has 8 nitrogen and oxygen atoms in total. The number of carbonyl (C=O) groups is 1. The van der Waals surface area contributed by atoms with Crippen LogP contribution in [0.25, 0.3) is 0 Å². The maximum absolute atomic E-state index is 12.5. The Balaban J connectivity index is 1.58. The van der Waals surface area contributed by atoms with Crippen molar-refractivity contribution < 1.29 is 23.9 Å². The third-order valence-corrected chi connectivity index (χ3v) is 4.72. The molecule has 166 valence electrons. The third kappa shape index (κ3) is 5.98. The van der Waals surface area contributed by atoms with E-state index in [0.29, 0.717) is 24.7 Å². The largest absolute Gasteiger partial charge is 0.493 e. The minimum Gasteiger partial charge on any atom is -0.493 e. The molecule has 0 fully saturated rings. The van der Waals surface area contributed by atoms with Crippen molar-refractivity contribution in [3.63, 3.8) is 0 Å². The second kappa shape index (κ2) is 10.8. The molecule has 0 N–H and O–H groups in total. The van der Waals surface area contributed by atoms with E-state index in [1.165, 1.54) is 17.0 Å². The van der Waals surface area contributed by atoms with Crippen molar-refractivity contribution in [2.45, 2.75) is 13.2 Å². The molecule has 3 aromatic rings. The van der Waals surface area contributed by atoms with Crippen LogP contribution in [0.3, 0.4) is 0 Å². The molecule has 0 aliphatic rings. The van der Waals surface area contributed by atoms with E-state index in [4.69, 9.17) is 14.2 Å². The van der Waals surface area contributed by atoms with Gasteiger partial charge in [0.25, 0.3) is 5.91 Å². The van der Waals surface area contributed by atoms with Gasteiger partial charge in [-0.25, -0.2) is 0 Å². The van der Waals surface area contributed by atoms with Gasteiger partial charge in [-0.1, -0.05) is 48.5 Å². The molecule has 3 aromatic carbocycles. The van der Waals surface area contributed by atoms with E-state index in [9.17, 15) is 14.9 Å². The Kier molecular flexibility index (Phi) is 7.64. The van der Waals surface area contributed by atoms with Crippen LogP contribution in [0.4, 0.5) is 5.69 Å². The predicted octanol–water partition coefficient (Wildman–Crippen LogP) is 4.22. The molecule has 1 amide bonds. The van der Waals surface area contributed by atoms with Crippen molar-refractivity contribution in [1.82, 2.24) is 4.90 Å². The van der Waals surface area contributed by atoms with Gasteiger partial charge in [-0.3, -0.25) is 14.9 Å². The monoisotopic (exact) mass is 436 g/mol. The third-order valence-electron chi connectivity index (χ3n) is 4.72. The summed E-state index contributed by atoms with van der Waals surface area (Å²) in [7, 11) is 3.20. The highest BCUT2D eigenvalue weighted by molar-refractivity contribution is 5.77. The first-order valence-corrected chi connectivity index (χ1v) is 9.91. The minimum absolute atomic E-state index is 0.0563. The first-order valence-electron chi connectivity index (χ1n) is 9.91. The van der Waals surface area contributed by atoms with Gasteiger partial charge in [0.1, 0.15) is 6.61 Å². The number of amides is 1. The first kappa shape index (κ1) is 22.6. The van der Waals surface area contributed by atoms with Crippen molar-refractivity contribution >= 4 is 11.6 Å². The summed E-state index contributed by atoms with van der Waals surface area (Å²) in [5, 5.41) is 11.1. The van der Waals surface area contributed by atoms with Gasteiger partial charge in [-0.15, -0.1) is 0 Å². The van der Waals surface area contributed by atoms with Crippen molar-refractivity contribution in [2.75, 3.05) is 20.8 Å². The Bertz CT molecular complexity index is 1070. The van der Waals surface area contributed by atoms with Crippen LogP contribution in [0.5, 0.6) is 17.2 Å². The molecule has 0 spiro atoms. The Morgan fingerprint density at radius 3 is 2.34 bits per heavy atom. The predicted molar refractivity (Wildman–Crippen MR) is 119 cm³/mol. The van der Waals surface area contributed by atoms with E-state index in [1.54, 1.807) is 32.4 Å². The normalized spacial score (nSPS) is 10.3. The number of nitro groups is 1. The fourth-order valence-corrected chi connectivity index (χ4v) is 3.01. The van der Waals surface area contributed by atoms with Gasteiger partial charge in [-0.05, 0) is 29.3 Å². The zero-order valence-electron chi connectivity index (χ0n) is 17.9. The molecule has 8 heteroatoms. The minimum atomic E-state index is -0.544. The lowest BCUT2D eigenvalue weighted by atomic mass is 10.2. The molecule has 3 rings (SSSR count). The number of benzene rings is 3. The summed E-state index contributed by atoms with van der Waals surface area (Å²) in [6.45, 7) is 0.420. The molecule has 0 bridgehead atoms. The molecular weight excluding hydrogens is 412 g/mol. The van der Waals surface area contributed by atoms with Crippen molar-refractivity contribution in [3.05, 3.63) is 94.0 Å². The molecule has 0 aliphatic carbocycles. The van der Waals surface area contributed by atoms with E-state index in [1.807, 2.05) is 42.5 Å². The Hall–Kier alpha value is -4.07. The highest BCUT2D eigenvalue weighted by Crippen LogP contribution is 2.29. The first-order chi connectivity index (χ1) is 15.5. The molecule has 0 aromatic heterocycles. The number of nitro benzene ring substituents is 1. The van der Waals surface area contributed by atoms with Crippen LogP contribution in [-0.4, -0.2) is 36.5 Å². The highest BCUT2D eigenvalue weighted by Gasteiger charge is 2.17. The quantitative estimate of drug-likeness (QED) is 0.349. The summed E-state index contributed by atoms with van der Waals surface area (Å²) in [5.74, 6) is 0.914. The molecular formula is C24H24N2O6. The summed E-state index contributed by atoms with van der Waals surface area (Å²) < 4.78 is 16.7. The zero-order chi connectivity index (χ0) is 22.9. The van der Waals surface area contributed by atoms with Gasteiger partial charge in [0.05, 0.1) is 12.0 Å². The molecule has 0 saturated heterocycles. The highest BCUT2D eigenvalue weighted by atomic mass is 16.6. The lowest BCUT2D eigenvalue weighted by Crippen LogP contribution is -2.31. The van der Waals surface area contributed by atoms with Gasteiger partial charge >= 0.3 is 5.69 Å². The van der Waals surface area contributed by atoms with Crippen LogP contribution >= 0.6 is 0 Å². The molecule has 0 radical (unpaired) electrons. The SMILES string of the molecule is COc1cc(CN(C)C(=O)COc2ccccc2[N+](=O)[O-])ccc1OCc1ccccc1. The summed E-state index contributed by atoms with van der Waals surface area (Å²) in [4.78, 5) is 24.5. The number of carbonyl (C=O) groups excluding carboxylic acids is 1. The zero-order valence-corrected chi connectivity index (χ0v) is 17.9. The Labute approximate surface area is 186 Å². The maximum atomic E-state index is 12.5. The number of ether oxygens (including phenoxy) is 3. The second-order valence-electron chi connectivity index (χ2n) is 7.02. The van der Waals surface area contributed by atoms with E-state index >= 15 is 0 Å². The number of likely N-dealkylation sites (N-methyl/N-ethyl adjacent to an activating group) is 1. The van der Waals surface area contributed by atoms with Crippen LogP contribution in [0.15, 0.2) is 72.8 Å². The standard InChI is InChI=1S/C24H24N2O6/c1-25(24(27)17-32-21-11-7-6-10-20(21)26(28)29)15-19-12-13-22(23(14-19)30-2)31-16-18-8-4-3-5-9-18/h3-14H,15-17H2,1-2H3. The van der Waals surface area contributed by atoms with Crippen LogP contribution < -0.4 is 14.2 Å². The van der Waals surface area contributed by atoms with Crippen molar-refractivity contribution in [1.29, 1.82) is 0 Å². The van der Waals surface area contributed by atoms with Gasteiger partial charge in [0, 0.05) is 19.7 Å². The van der Waals surface area contributed by atoms with Crippen LogP contribution in [0.1, 0.15) is 11.1 Å². The fraction of sp³-hybridized carbons (Fsp3) is 0.208. The Morgan fingerprint density at radius 2 is 1.62 bits per heavy atom. The van der Waals surface area contributed by atoms with E-state index in [-0.39, 0.29) is 24.0 Å². The van der Waals surface area contributed by atoms with E-state index in [0.717, 1.165) is 11.1 Å². The van der Waals surface area contributed by atoms with Gasteiger partial charge in [-0.2, -0.15) is 0 Å². The summed E-state index contributed by atoms with van der Waals surface area (Å²) in [6.07, 6.45) is 0. The van der Waals surface area contributed by atoms with Gasteiger partial charge < -0.3 is 19.1 Å².